The van der Waals surface area contributed by atoms with Crippen molar-refractivity contribution >= 4 is 29.9 Å². The average Bonchev–Trinajstić information content (AvgIpc) is 3.28. The largest absolute Gasteiger partial charge is 0.488 e. The Morgan fingerprint density at radius 3 is 2.73 bits per heavy atom. The number of guanidine groups is 1. The average molecular weight is 525 g/mol. The lowest BCUT2D eigenvalue weighted by Crippen LogP contribution is -2.40. The quantitative estimate of drug-likeness (QED) is 0.348. The van der Waals surface area contributed by atoms with Crippen molar-refractivity contribution in [2.24, 2.45) is 18.0 Å². The Labute approximate surface area is 198 Å². The summed E-state index contributed by atoms with van der Waals surface area (Å²) in [4.78, 5) is 7.32. The van der Waals surface area contributed by atoms with Crippen molar-refractivity contribution in [1.82, 2.24) is 20.0 Å². The monoisotopic (exact) mass is 525 g/mol. The van der Waals surface area contributed by atoms with Crippen molar-refractivity contribution < 1.29 is 4.74 Å². The van der Waals surface area contributed by atoms with E-state index in [1.165, 1.54) is 12.0 Å². The van der Waals surface area contributed by atoms with Crippen LogP contribution in [0.1, 0.15) is 45.2 Å². The molecule has 166 valence electrons. The van der Waals surface area contributed by atoms with E-state index in [4.69, 9.17) is 9.73 Å². The van der Waals surface area contributed by atoms with Gasteiger partial charge in [-0.1, -0.05) is 18.2 Å². The molecule has 0 bridgehead atoms. The molecule has 0 amide bonds. The third kappa shape index (κ3) is 7.18. The molecule has 0 aliphatic carbocycles. The molecule has 1 aliphatic heterocycles. The van der Waals surface area contributed by atoms with E-state index in [0.29, 0.717) is 12.5 Å². The standard InChI is InChI=1S/C23H35N5O.HI/c1-6-24-22(25-15-20-9-7-8-10-21(20)29-23(2,3)4)28-12-11-18(17-28)13-19-14-26-27(5)16-19;/h7-10,14,16,18H,6,11-13,15,17H2,1-5H3,(H,24,25);1H. The third-order valence-corrected chi connectivity index (χ3v) is 4.99. The molecule has 2 aromatic rings. The predicted molar refractivity (Wildman–Crippen MR) is 134 cm³/mol. The minimum absolute atomic E-state index is 0. The minimum Gasteiger partial charge on any atom is -0.488 e. The number of ether oxygens (including phenoxy) is 1. The number of halogens is 1. The summed E-state index contributed by atoms with van der Waals surface area (Å²) in [6.45, 7) is 11.9. The molecule has 3 rings (SSSR count). The summed E-state index contributed by atoms with van der Waals surface area (Å²) in [5.74, 6) is 2.54. The highest BCUT2D eigenvalue weighted by Crippen LogP contribution is 2.24. The first-order valence-electron chi connectivity index (χ1n) is 10.6. The van der Waals surface area contributed by atoms with Gasteiger partial charge in [0.25, 0.3) is 0 Å². The molecule has 1 aliphatic rings. The van der Waals surface area contributed by atoms with Crippen LogP contribution < -0.4 is 10.1 Å². The first-order chi connectivity index (χ1) is 13.8. The highest BCUT2D eigenvalue weighted by Gasteiger charge is 2.25. The van der Waals surface area contributed by atoms with Gasteiger partial charge in [-0.25, -0.2) is 4.99 Å². The van der Waals surface area contributed by atoms with Gasteiger partial charge in [0.2, 0.25) is 0 Å². The first-order valence-corrected chi connectivity index (χ1v) is 10.6. The molecule has 1 aromatic heterocycles. The Morgan fingerprint density at radius 2 is 2.07 bits per heavy atom. The van der Waals surface area contributed by atoms with Gasteiger partial charge >= 0.3 is 0 Å². The Hall–Kier alpha value is -1.77. The fraction of sp³-hybridized carbons (Fsp3) is 0.565. The van der Waals surface area contributed by atoms with Crippen LogP contribution in [0.3, 0.4) is 0 Å². The fourth-order valence-corrected chi connectivity index (χ4v) is 3.75. The second-order valence-electron chi connectivity index (χ2n) is 8.82. The molecule has 1 aromatic carbocycles. The summed E-state index contributed by atoms with van der Waals surface area (Å²) in [5, 5.41) is 7.76. The lowest BCUT2D eigenvalue weighted by atomic mass is 10.0. The van der Waals surface area contributed by atoms with E-state index in [-0.39, 0.29) is 29.6 Å². The normalized spacial score (nSPS) is 17.0. The lowest BCUT2D eigenvalue weighted by Gasteiger charge is -2.24. The Balaban J connectivity index is 0.00000320. The van der Waals surface area contributed by atoms with Crippen LogP contribution in [0.25, 0.3) is 0 Å². The van der Waals surface area contributed by atoms with Gasteiger partial charge in [0.1, 0.15) is 11.4 Å². The van der Waals surface area contributed by atoms with Crippen LogP contribution in [0.2, 0.25) is 0 Å². The number of hydrogen-bond acceptors (Lipinski definition) is 3. The molecule has 2 heterocycles. The van der Waals surface area contributed by atoms with Crippen molar-refractivity contribution in [2.45, 2.75) is 52.7 Å². The van der Waals surface area contributed by atoms with E-state index >= 15 is 0 Å². The Kier molecular flexibility index (Phi) is 9.00. The SMILES string of the molecule is CCNC(=NCc1ccccc1OC(C)(C)C)N1CCC(Cc2cnn(C)c2)C1.I. The highest BCUT2D eigenvalue weighted by atomic mass is 127. The molecular weight excluding hydrogens is 489 g/mol. The smallest absolute Gasteiger partial charge is 0.194 e. The molecule has 7 heteroatoms. The molecule has 1 N–H and O–H groups in total. The van der Waals surface area contributed by atoms with Crippen LogP contribution in [-0.2, 0) is 20.0 Å². The summed E-state index contributed by atoms with van der Waals surface area (Å²) in [6, 6.07) is 8.20. The maximum atomic E-state index is 6.12. The second kappa shape index (κ2) is 11.0. The number of para-hydroxylation sites is 1. The van der Waals surface area contributed by atoms with Gasteiger partial charge in [-0.15, -0.1) is 24.0 Å². The summed E-state index contributed by atoms with van der Waals surface area (Å²) in [7, 11) is 1.97. The van der Waals surface area contributed by atoms with Gasteiger partial charge < -0.3 is 15.0 Å². The topological polar surface area (TPSA) is 54.7 Å². The Bertz CT molecular complexity index is 827. The van der Waals surface area contributed by atoms with Crippen molar-refractivity contribution in [3.63, 3.8) is 0 Å². The molecule has 1 fully saturated rings. The van der Waals surface area contributed by atoms with E-state index < -0.39 is 0 Å². The number of rotatable bonds is 6. The predicted octanol–water partition coefficient (Wildman–Crippen LogP) is 4.25. The second-order valence-corrected chi connectivity index (χ2v) is 8.82. The van der Waals surface area contributed by atoms with Gasteiger partial charge in [-0.3, -0.25) is 4.68 Å². The fourth-order valence-electron chi connectivity index (χ4n) is 3.75. The molecule has 6 nitrogen and oxygen atoms in total. The van der Waals surface area contributed by atoms with E-state index in [1.807, 2.05) is 36.1 Å². The summed E-state index contributed by atoms with van der Waals surface area (Å²) < 4.78 is 8.00. The molecule has 0 radical (unpaired) electrons. The number of likely N-dealkylation sites (tertiary alicyclic amines) is 1. The van der Waals surface area contributed by atoms with Crippen LogP contribution in [0.4, 0.5) is 0 Å². The van der Waals surface area contributed by atoms with Crippen LogP contribution in [0.5, 0.6) is 5.75 Å². The molecule has 30 heavy (non-hydrogen) atoms. The molecule has 0 saturated carbocycles. The minimum atomic E-state index is -0.223. The van der Waals surface area contributed by atoms with Gasteiger partial charge in [-0.2, -0.15) is 5.10 Å². The number of nitrogens with one attached hydrogen (secondary N) is 1. The zero-order chi connectivity index (χ0) is 20.9. The third-order valence-electron chi connectivity index (χ3n) is 4.99. The highest BCUT2D eigenvalue weighted by molar-refractivity contribution is 14.0. The van der Waals surface area contributed by atoms with Crippen LogP contribution in [0.15, 0.2) is 41.7 Å². The zero-order valence-corrected chi connectivity index (χ0v) is 21.2. The van der Waals surface area contributed by atoms with Gasteiger partial charge in [-0.05, 0) is 58.1 Å². The molecule has 1 atom stereocenters. The summed E-state index contributed by atoms with van der Waals surface area (Å²) in [6.07, 6.45) is 6.36. The number of aromatic nitrogens is 2. The van der Waals surface area contributed by atoms with Gasteiger partial charge in [0.15, 0.2) is 5.96 Å². The summed E-state index contributed by atoms with van der Waals surface area (Å²) in [5.41, 5.74) is 2.21. The van der Waals surface area contributed by atoms with E-state index in [2.05, 4.69) is 55.3 Å². The molecular formula is C23H36IN5O. The molecule has 1 unspecified atom stereocenters. The van der Waals surface area contributed by atoms with E-state index in [0.717, 1.165) is 43.3 Å². The number of hydrogen-bond donors (Lipinski definition) is 1. The van der Waals surface area contributed by atoms with Crippen molar-refractivity contribution in [3.05, 3.63) is 47.8 Å². The van der Waals surface area contributed by atoms with Gasteiger partial charge in [0.05, 0.1) is 12.7 Å². The lowest BCUT2D eigenvalue weighted by molar-refractivity contribution is 0.129. The van der Waals surface area contributed by atoms with E-state index in [1.54, 1.807) is 0 Å². The summed E-state index contributed by atoms with van der Waals surface area (Å²) >= 11 is 0. The zero-order valence-electron chi connectivity index (χ0n) is 18.9. The molecule has 1 saturated heterocycles. The number of nitrogens with zero attached hydrogens (tertiary/aromatic N) is 4. The number of aliphatic imine (C=N–C) groups is 1. The van der Waals surface area contributed by atoms with Crippen LogP contribution >= 0.6 is 24.0 Å². The van der Waals surface area contributed by atoms with Gasteiger partial charge in [0, 0.05) is 38.4 Å². The van der Waals surface area contributed by atoms with Crippen LogP contribution in [-0.4, -0.2) is 45.9 Å². The Morgan fingerprint density at radius 1 is 1.30 bits per heavy atom. The van der Waals surface area contributed by atoms with Crippen molar-refractivity contribution in [3.8, 4) is 5.75 Å². The molecule has 0 spiro atoms. The van der Waals surface area contributed by atoms with E-state index in [9.17, 15) is 0 Å². The number of aryl methyl sites for hydroxylation is 1. The number of benzene rings is 1. The van der Waals surface area contributed by atoms with Crippen molar-refractivity contribution in [2.75, 3.05) is 19.6 Å². The van der Waals surface area contributed by atoms with Crippen molar-refractivity contribution in [1.29, 1.82) is 0 Å². The first kappa shape index (κ1) is 24.5. The maximum absolute atomic E-state index is 6.12. The van der Waals surface area contributed by atoms with Crippen LogP contribution in [0, 0.1) is 5.92 Å². The maximum Gasteiger partial charge on any atom is 0.194 e.